The van der Waals surface area contributed by atoms with Crippen LogP contribution in [0.25, 0.3) is 0 Å². The summed E-state index contributed by atoms with van der Waals surface area (Å²) < 4.78 is 0. The number of aliphatic hydroxyl groups is 1. The maximum absolute atomic E-state index is 9.44. The van der Waals surface area contributed by atoms with Crippen LogP contribution in [0.1, 0.15) is 30.9 Å². The van der Waals surface area contributed by atoms with E-state index in [1.165, 1.54) is 23.3 Å². The maximum atomic E-state index is 9.44. The monoisotopic (exact) mass is 301 g/mol. The Balaban J connectivity index is 2.09. The predicted molar refractivity (Wildman–Crippen MR) is 89.5 cm³/mol. The smallest absolute Gasteiger partial charge is 0.0692 e. The van der Waals surface area contributed by atoms with Gasteiger partial charge in [-0.25, -0.2) is 0 Å². The Labute approximate surface area is 131 Å². The lowest BCUT2D eigenvalue weighted by molar-refractivity contribution is 0.279. The van der Waals surface area contributed by atoms with Crippen LogP contribution in [0.4, 0.5) is 0 Å². The fourth-order valence-electron chi connectivity index (χ4n) is 2.13. The van der Waals surface area contributed by atoms with E-state index in [0.717, 1.165) is 23.5 Å². The zero-order chi connectivity index (χ0) is 14.9. The molecule has 3 heteroatoms. The molecule has 0 aromatic heterocycles. The molecule has 2 rings (SSSR count). The molecule has 0 heterocycles. The molecule has 0 bridgehead atoms. The van der Waals surface area contributed by atoms with Gasteiger partial charge in [0.2, 0.25) is 0 Å². The Bertz CT molecular complexity index is 556. The summed E-state index contributed by atoms with van der Waals surface area (Å²) in [6, 6.07) is 16.5. The maximum Gasteiger partial charge on any atom is 0.0692 e. The molecule has 112 valence electrons. The first kappa shape index (κ1) is 16.1. The van der Waals surface area contributed by atoms with Crippen molar-refractivity contribution in [3.63, 3.8) is 0 Å². The molecule has 2 aromatic rings. The summed E-state index contributed by atoms with van der Waals surface area (Å²) in [5.74, 6) is 0. The largest absolute Gasteiger partial charge is 0.392 e. The zero-order valence-corrected chi connectivity index (χ0v) is 13.3. The summed E-state index contributed by atoms with van der Waals surface area (Å²) in [4.78, 5) is 2.38. The topological polar surface area (TPSA) is 32.3 Å². The van der Waals surface area contributed by atoms with Crippen LogP contribution in [0.2, 0.25) is 0 Å². The van der Waals surface area contributed by atoms with E-state index < -0.39 is 0 Å². The first-order valence-electron chi connectivity index (χ1n) is 7.50. The van der Waals surface area contributed by atoms with E-state index in [9.17, 15) is 5.11 Å². The van der Waals surface area contributed by atoms with Gasteiger partial charge < -0.3 is 10.4 Å². The highest BCUT2D eigenvalue weighted by Gasteiger charge is 2.06. The molecule has 0 aliphatic heterocycles. The lowest BCUT2D eigenvalue weighted by Crippen LogP contribution is -2.14. The second-order valence-electron chi connectivity index (χ2n) is 5.01. The summed E-state index contributed by atoms with van der Waals surface area (Å²) in [6.45, 7) is 4.24. The quantitative estimate of drug-likeness (QED) is 0.716. The molecule has 0 amide bonds. The molecule has 2 nitrogen and oxygen atoms in total. The number of nitrogens with one attached hydrogen (secondary N) is 1. The first-order valence-corrected chi connectivity index (χ1v) is 8.32. The van der Waals surface area contributed by atoms with E-state index in [0.29, 0.717) is 0 Å². The van der Waals surface area contributed by atoms with Crippen LogP contribution in [0.5, 0.6) is 0 Å². The summed E-state index contributed by atoms with van der Waals surface area (Å²) in [5.41, 5.74) is 2.29. The van der Waals surface area contributed by atoms with Crippen LogP contribution in [-0.2, 0) is 13.2 Å². The Morgan fingerprint density at radius 1 is 0.952 bits per heavy atom. The zero-order valence-electron chi connectivity index (χ0n) is 12.5. The van der Waals surface area contributed by atoms with Gasteiger partial charge in [-0.15, -0.1) is 0 Å². The van der Waals surface area contributed by atoms with Gasteiger partial charge in [-0.2, -0.15) is 0 Å². The Morgan fingerprint density at radius 3 is 2.24 bits per heavy atom. The molecule has 0 unspecified atom stereocenters. The van der Waals surface area contributed by atoms with Gasteiger partial charge in [0.05, 0.1) is 6.61 Å². The van der Waals surface area contributed by atoms with Gasteiger partial charge in [-0.1, -0.05) is 61.5 Å². The van der Waals surface area contributed by atoms with Crippen molar-refractivity contribution in [3.05, 3.63) is 59.7 Å². The van der Waals surface area contributed by atoms with Crippen LogP contribution >= 0.6 is 11.8 Å². The third-order valence-corrected chi connectivity index (χ3v) is 4.59. The summed E-state index contributed by atoms with van der Waals surface area (Å²) in [6.07, 6.45) is 2.43. The van der Waals surface area contributed by atoms with Gasteiger partial charge in [-0.05, 0) is 36.2 Å². The van der Waals surface area contributed by atoms with Gasteiger partial charge in [0.1, 0.15) is 0 Å². The molecule has 2 aromatic carbocycles. The molecule has 0 saturated heterocycles. The molecule has 0 spiro atoms. The fourth-order valence-corrected chi connectivity index (χ4v) is 3.19. The highest BCUT2D eigenvalue weighted by molar-refractivity contribution is 7.99. The van der Waals surface area contributed by atoms with Crippen LogP contribution in [-0.4, -0.2) is 11.7 Å². The minimum Gasteiger partial charge on any atom is -0.392 e. The van der Waals surface area contributed by atoms with E-state index in [4.69, 9.17) is 0 Å². The van der Waals surface area contributed by atoms with E-state index in [1.807, 2.05) is 18.2 Å². The van der Waals surface area contributed by atoms with E-state index in [1.54, 1.807) is 11.8 Å². The molecule has 0 aliphatic rings. The van der Waals surface area contributed by atoms with Crippen molar-refractivity contribution < 1.29 is 5.11 Å². The standard InChI is InChI=1S/C18H23NOS/c1-2-3-12-19-13-15-8-4-6-10-17(15)21-18-11-7-5-9-16(18)14-20/h4-11,19-20H,2-3,12-14H2,1H3. The average molecular weight is 301 g/mol. The minimum absolute atomic E-state index is 0.0834. The minimum atomic E-state index is 0.0834. The van der Waals surface area contributed by atoms with Crippen LogP contribution < -0.4 is 5.32 Å². The fraction of sp³-hybridized carbons (Fsp3) is 0.333. The second kappa shape index (κ2) is 8.88. The molecule has 0 radical (unpaired) electrons. The van der Waals surface area contributed by atoms with E-state index in [2.05, 4.69) is 42.6 Å². The third kappa shape index (κ3) is 4.88. The lowest BCUT2D eigenvalue weighted by atomic mass is 10.2. The van der Waals surface area contributed by atoms with Crippen molar-refractivity contribution in [2.75, 3.05) is 6.54 Å². The van der Waals surface area contributed by atoms with Crippen molar-refractivity contribution in [3.8, 4) is 0 Å². The summed E-state index contributed by atoms with van der Waals surface area (Å²) in [7, 11) is 0. The van der Waals surface area contributed by atoms with Gasteiger partial charge in [0, 0.05) is 16.3 Å². The normalized spacial score (nSPS) is 10.8. The van der Waals surface area contributed by atoms with Crippen molar-refractivity contribution >= 4 is 11.8 Å². The van der Waals surface area contributed by atoms with Crippen molar-refractivity contribution in [2.24, 2.45) is 0 Å². The molecule has 0 fully saturated rings. The predicted octanol–water partition coefficient (Wildman–Crippen LogP) is 4.22. The molecule has 0 atom stereocenters. The lowest BCUT2D eigenvalue weighted by Gasteiger charge is -2.12. The summed E-state index contributed by atoms with van der Waals surface area (Å²) in [5, 5.41) is 12.9. The number of rotatable bonds is 8. The van der Waals surface area contributed by atoms with Gasteiger partial charge >= 0.3 is 0 Å². The molecular weight excluding hydrogens is 278 g/mol. The molecule has 0 saturated carbocycles. The Hall–Kier alpha value is -1.29. The number of hydrogen-bond acceptors (Lipinski definition) is 3. The van der Waals surface area contributed by atoms with Gasteiger partial charge in [-0.3, -0.25) is 0 Å². The Morgan fingerprint density at radius 2 is 1.57 bits per heavy atom. The third-order valence-electron chi connectivity index (χ3n) is 3.36. The number of benzene rings is 2. The van der Waals surface area contributed by atoms with Gasteiger partial charge in [0.15, 0.2) is 0 Å². The molecule has 21 heavy (non-hydrogen) atoms. The number of hydrogen-bond donors (Lipinski definition) is 2. The average Bonchev–Trinajstić information content (AvgIpc) is 2.53. The Kier molecular flexibility index (Phi) is 6.80. The number of aliphatic hydroxyl groups excluding tert-OH is 1. The molecule has 2 N–H and O–H groups in total. The highest BCUT2D eigenvalue weighted by Crippen LogP contribution is 2.32. The van der Waals surface area contributed by atoms with Crippen LogP contribution in [0, 0.1) is 0 Å². The van der Waals surface area contributed by atoms with Gasteiger partial charge in [0.25, 0.3) is 0 Å². The SMILES string of the molecule is CCCCNCc1ccccc1Sc1ccccc1CO. The van der Waals surface area contributed by atoms with Crippen molar-refractivity contribution in [1.29, 1.82) is 0 Å². The number of unbranched alkanes of at least 4 members (excludes halogenated alkanes) is 1. The highest BCUT2D eigenvalue weighted by atomic mass is 32.2. The molecule has 0 aliphatic carbocycles. The van der Waals surface area contributed by atoms with Crippen LogP contribution in [0.15, 0.2) is 58.3 Å². The second-order valence-corrected chi connectivity index (χ2v) is 6.09. The van der Waals surface area contributed by atoms with Crippen molar-refractivity contribution in [2.45, 2.75) is 42.7 Å². The van der Waals surface area contributed by atoms with E-state index >= 15 is 0 Å². The molecular formula is C18H23NOS. The first-order chi connectivity index (χ1) is 10.3. The summed E-state index contributed by atoms with van der Waals surface area (Å²) >= 11 is 1.73. The van der Waals surface area contributed by atoms with Crippen LogP contribution in [0.3, 0.4) is 0 Å². The van der Waals surface area contributed by atoms with E-state index in [-0.39, 0.29) is 6.61 Å². The van der Waals surface area contributed by atoms with Crippen molar-refractivity contribution in [1.82, 2.24) is 5.32 Å².